The molecule has 0 bridgehead atoms. The van der Waals surface area contributed by atoms with Crippen molar-refractivity contribution in [1.82, 2.24) is 4.90 Å². The average Bonchev–Trinajstić information content (AvgIpc) is 3.04. The Morgan fingerprint density at radius 2 is 1.91 bits per heavy atom. The van der Waals surface area contributed by atoms with Crippen LogP contribution in [0.5, 0.6) is 0 Å². The third kappa shape index (κ3) is 3.94. The van der Waals surface area contributed by atoms with Crippen LogP contribution in [-0.2, 0) is 11.3 Å². The molecule has 1 heterocycles. The predicted molar refractivity (Wildman–Crippen MR) is 91.1 cm³/mol. The van der Waals surface area contributed by atoms with Crippen LogP contribution < -0.4 is 11.1 Å². The summed E-state index contributed by atoms with van der Waals surface area (Å²) < 4.78 is 5.37. The number of carbonyl (C=O) groups is 1. The maximum absolute atomic E-state index is 12.1. The lowest BCUT2D eigenvalue weighted by atomic mass is 10.2. The Morgan fingerprint density at radius 1 is 1.17 bits per heavy atom. The summed E-state index contributed by atoms with van der Waals surface area (Å²) in [6.07, 6.45) is 0.619. The molecule has 1 fully saturated rings. The number of amides is 1. The Balaban J connectivity index is 1.49. The lowest BCUT2D eigenvalue weighted by Crippen LogP contribution is -2.32. The van der Waals surface area contributed by atoms with Crippen LogP contribution in [0, 0.1) is 0 Å². The molecule has 5 heteroatoms. The molecule has 1 aliphatic heterocycles. The van der Waals surface area contributed by atoms with E-state index >= 15 is 0 Å². The molecule has 0 saturated carbocycles. The molecule has 1 unspecified atom stereocenters. The quantitative estimate of drug-likeness (QED) is 0.852. The second-order valence-corrected chi connectivity index (χ2v) is 5.70. The van der Waals surface area contributed by atoms with Crippen molar-refractivity contribution in [2.45, 2.75) is 19.1 Å². The third-order valence-electron chi connectivity index (χ3n) is 3.97. The minimum atomic E-state index is -0.265. The maximum Gasteiger partial charge on any atom is 0.410 e. The molecule has 1 aliphatic rings. The standard InChI is InChI=1S/C18H21N3O2/c19-16-8-4-5-9-17(16)20-15-10-11-21(12-15)18(22)23-13-14-6-2-1-3-7-14/h1-9,15,20H,10-13,19H2. The number of ether oxygens (including phenoxy) is 1. The number of nitrogens with zero attached hydrogens (tertiary/aromatic N) is 1. The van der Waals surface area contributed by atoms with Crippen LogP contribution in [0.4, 0.5) is 16.2 Å². The van der Waals surface area contributed by atoms with Gasteiger partial charge in [0, 0.05) is 19.1 Å². The third-order valence-corrected chi connectivity index (χ3v) is 3.97. The van der Waals surface area contributed by atoms with Gasteiger partial charge in [-0.3, -0.25) is 0 Å². The van der Waals surface area contributed by atoms with Gasteiger partial charge in [-0.15, -0.1) is 0 Å². The molecule has 0 aliphatic carbocycles. The second-order valence-electron chi connectivity index (χ2n) is 5.70. The molecular formula is C18H21N3O2. The van der Waals surface area contributed by atoms with Gasteiger partial charge in [0.1, 0.15) is 6.61 Å². The lowest BCUT2D eigenvalue weighted by Gasteiger charge is -2.18. The molecule has 3 rings (SSSR count). The number of para-hydroxylation sites is 2. The van der Waals surface area contributed by atoms with Gasteiger partial charge in [-0.25, -0.2) is 4.79 Å². The van der Waals surface area contributed by atoms with E-state index in [1.807, 2.05) is 54.6 Å². The van der Waals surface area contributed by atoms with Crippen LogP contribution in [0.1, 0.15) is 12.0 Å². The van der Waals surface area contributed by atoms with Gasteiger partial charge in [-0.1, -0.05) is 42.5 Å². The van der Waals surface area contributed by atoms with Crippen molar-refractivity contribution in [3.63, 3.8) is 0 Å². The van der Waals surface area contributed by atoms with Crippen LogP contribution in [-0.4, -0.2) is 30.1 Å². The van der Waals surface area contributed by atoms with E-state index in [0.717, 1.165) is 23.4 Å². The fourth-order valence-electron chi connectivity index (χ4n) is 2.70. The smallest absolute Gasteiger partial charge is 0.410 e. The Bertz CT molecular complexity index is 660. The molecule has 1 amide bonds. The minimum absolute atomic E-state index is 0.198. The van der Waals surface area contributed by atoms with Crippen LogP contribution in [0.25, 0.3) is 0 Å². The number of nitrogens with one attached hydrogen (secondary N) is 1. The van der Waals surface area contributed by atoms with Crippen molar-refractivity contribution >= 4 is 17.5 Å². The van der Waals surface area contributed by atoms with E-state index in [9.17, 15) is 4.79 Å². The van der Waals surface area contributed by atoms with Crippen molar-refractivity contribution in [2.24, 2.45) is 0 Å². The average molecular weight is 311 g/mol. The first kappa shape index (κ1) is 15.2. The molecule has 1 atom stereocenters. The topological polar surface area (TPSA) is 67.6 Å². The van der Waals surface area contributed by atoms with Gasteiger partial charge in [-0.2, -0.15) is 0 Å². The number of nitrogens with two attached hydrogens (primary N) is 1. The molecule has 1 saturated heterocycles. The first-order chi connectivity index (χ1) is 11.2. The summed E-state index contributed by atoms with van der Waals surface area (Å²) in [7, 11) is 0. The highest BCUT2D eigenvalue weighted by atomic mass is 16.6. The monoisotopic (exact) mass is 311 g/mol. The number of nitrogen functional groups attached to an aromatic ring is 1. The highest BCUT2D eigenvalue weighted by molar-refractivity contribution is 5.69. The van der Waals surface area contributed by atoms with Gasteiger partial charge >= 0.3 is 6.09 Å². The number of likely N-dealkylation sites (tertiary alicyclic amines) is 1. The predicted octanol–water partition coefficient (Wildman–Crippen LogP) is 3.09. The summed E-state index contributed by atoms with van der Waals surface area (Å²) in [6, 6.07) is 17.6. The van der Waals surface area contributed by atoms with E-state index in [2.05, 4.69) is 5.32 Å². The van der Waals surface area contributed by atoms with Gasteiger partial charge < -0.3 is 20.7 Å². The summed E-state index contributed by atoms with van der Waals surface area (Å²) in [6.45, 7) is 1.62. The van der Waals surface area contributed by atoms with E-state index in [-0.39, 0.29) is 12.1 Å². The molecule has 2 aromatic carbocycles. The summed E-state index contributed by atoms with van der Waals surface area (Å²) in [5.74, 6) is 0. The van der Waals surface area contributed by atoms with Crippen LogP contribution >= 0.6 is 0 Å². The SMILES string of the molecule is Nc1ccccc1NC1CCN(C(=O)OCc2ccccc2)C1. The molecule has 120 valence electrons. The van der Waals surface area contributed by atoms with Gasteiger partial charge in [0.15, 0.2) is 0 Å². The Labute approximate surface area is 136 Å². The molecule has 0 spiro atoms. The van der Waals surface area contributed by atoms with Gasteiger partial charge in [0.2, 0.25) is 0 Å². The van der Waals surface area contributed by atoms with Crippen molar-refractivity contribution in [1.29, 1.82) is 0 Å². The minimum Gasteiger partial charge on any atom is -0.445 e. The summed E-state index contributed by atoms with van der Waals surface area (Å²) in [5.41, 5.74) is 8.56. The maximum atomic E-state index is 12.1. The largest absolute Gasteiger partial charge is 0.445 e. The molecule has 0 aromatic heterocycles. The highest BCUT2D eigenvalue weighted by Crippen LogP contribution is 2.21. The summed E-state index contributed by atoms with van der Waals surface area (Å²) >= 11 is 0. The van der Waals surface area contributed by atoms with E-state index in [0.29, 0.717) is 19.7 Å². The zero-order chi connectivity index (χ0) is 16.1. The Hall–Kier alpha value is -2.69. The van der Waals surface area contributed by atoms with E-state index in [1.165, 1.54) is 0 Å². The molecule has 3 N–H and O–H groups in total. The number of hydrogen-bond donors (Lipinski definition) is 2. The van der Waals surface area contributed by atoms with Gasteiger partial charge in [0.05, 0.1) is 11.4 Å². The summed E-state index contributed by atoms with van der Waals surface area (Å²) in [5, 5.41) is 3.39. The van der Waals surface area contributed by atoms with Gasteiger partial charge in [-0.05, 0) is 24.1 Å². The number of carbonyl (C=O) groups excluding carboxylic acids is 1. The molecule has 0 radical (unpaired) electrons. The number of benzene rings is 2. The van der Waals surface area contributed by atoms with E-state index in [1.54, 1.807) is 4.90 Å². The second kappa shape index (κ2) is 7.05. The fraction of sp³-hybridized carbons (Fsp3) is 0.278. The van der Waals surface area contributed by atoms with Crippen LogP contribution in [0.3, 0.4) is 0 Å². The fourth-order valence-corrected chi connectivity index (χ4v) is 2.70. The zero-order valence-electron chi connectivity index (χ0n) is 12.9. The normalized spacial score (nSPS) is 17.0. The molecule has 2 aromatic rings. The molecule has 23 heavy (non-hydrogen) atoms. The van der Waals surface area contributed by atoms with E-state index < -0.39 is 0 Å². The van der Waals surface area contributed by atoms with Crippen molar-refractivity contribution in [3.8, 4) is 0 Å². The van der Waals surface area contributed by atoms with Crippen LogP contribution in [0.15, 0.2) is 54.6 Å². The van der Waals surface area contributed by atoms with Crippen molar-refractivity contribution < 1.29 is 9.53 Å². The Morgan fingerprint density at radius 3 is 2.70 bits per heavy atom. The number of anilines is 2. The Kier molecular flexibility index (Phi) is 4.66. The molecular weight excluding hydrogens is 290 g/mol. The number of hydrogen-bond acceptors (Lipinski definition) is 4. The van der Waals surface area contributed by atoms with Gasteiger partial charge in [0.25, 0.3) is 0 Å². The first-order valence-electron chi connectivity index (χ1n) is 7.79. The van der Waals surface area contributed by atoms with Crippen LogP contribution in [0.2, 0.25) is 0 Å². The van der Waals surface area contributed by atoms with E-state index in [4.69, 9.17) is 10.5 Å². The molecule has 5 nitrogen and oxygen atoms in total. The summed E-state index contributed by atoms with van der Waals surface area (Å²) in [4.78, 5) is 13.9. The first-order valence-corrected chi connectivity index (χ1v) is 7.79. The van der Waals surface area contributed by atoms with Crippen molar-refractivity contribution in [2.75, 3.05) is 24.1 Å². The lowest BCUT2D eigenvalue weighted by molar-refractivity contribution is 0.104. The van der Waals surface area contributed by atoms with Crippen molar-refractivity contribution in [3.05, 3.63) is 60.2 Å². The zero-order valence-corrected chi connectivity index (χ0v) is 12.9. The number of rotatable bonds is 4. The highest BCUT2D eigenvalue weighted by Gasteiger charge is 2.27.